The molecule has 1 amide bonds. The lowest BCUT2D eigenvalue weighted by atomic mass is 9.76. The van der Waals surface area contributed by atoms with E-state index in [2.05, 4.69) is 47.8 Å². The number of nitriles is 1. The first kappa shape index (κ1) is 14.3. The highest BCUT2D eigenvalue weighted by Crippen LogP contribution is 2.36. The number of hydrogen-bond donors (Lipinski definition) is 1. The normalized spacial score (nSPS) is 19.8. The van der Waals surface area contributed by atoms with E-state index in [9.17, 15) is 4.79 Å². The average Bonchev–Trinajstić information content (AvgIpc) is 2.55. The summed E-state index contributed by atoms with van der Waals surface area (Å²) >= 11 is 0. The largest absolute Gasteiger partial charge is 0.352 e. The van der Waals surface area contributed by atoms with Crippen molar-refractivity contribution in [1.29, 1.82) is 5.26 Å². The van der Waals surface area contributed by atoms with Gasteiger partial charge < -0.3 is 5.32 Å². The number of nitrogens with zero attached hydrogens (tertiary/aromatic N) is 1. The maximum atomic E-state index is 11.7. The van der Waals surface area contributed by atoms with Gasteiger partial charge in [-0.05, 0) is 29.5 Å². The van der Waals surface area contributed by atoms with E-state index in [4.69, 9.17) is 5.26 Å². The molecule has 1 N–H and O–H groups in total. The van der Waals surface area contributed by atoms with Crippen molar-refractivity contribution in [2.24, 2.45) is 0 Å². The van der Waals surface area contributed by atoms with E-state index in [-0.39, 0.29) is 18.4 Å². The van der Waals surface area contributed by atoms with E-state index < -0.39 is 0 Å². The second-order valence-corrected chi connectivity index (χ2v) is 5.70. The number of nitrogens with one attached hydrogen (secondary N) is 1. The molecular formula is C19H18N2O. The maximum Gasteiger partial charge on any atom is 0.234 e. The number of rotatable bonds is 3. The van der Waals surface area contributed by atoms with Crippen LogP contribution in [0.1, 0.15) is 35.4 Å². The van der Waals surface area contributed by atoms with Gasteiger partial charge in [0.05, 0.1) is 6.07 Å². The molecule has 0 aromatic heterocycles. The number of amides is 1. The molecule has 2 aromatic carbocycles. The number of hydrogen-bond acceptors (Lipinski definition) is 2. The van der Waals surface area contributed by atoms with Crippen LogP contribution >= 0.6 is 0 Å². The molecule has 110 valence electrons. The van der Waals surface area contributed by atoms with Gasteiger partial charge in [-0.3, -0.25) is 4.79 Å². The van der Waals surface area contributed by atoms with Crippen LogP contribution in [0.2, 0.25) is 0 Å². The summed E-state index contributed by atoms with van der Waals surface area (Å²) in [5, 5.41) is 11.6. The summed E-state index contributed by atoms with van der Waals surface area (Å²) in [6.07, 6.45) is 1.63. The van der Waals surface area contributed by atoms with Crippen LogP contribution in [0.25, 0.3) is 0 Å². The molecule has 1 aliphatic carbocycles. The monoisotopic (exact) mass is 290 g/mol. The topological polar surface area (TPSA) is 52.9 Å². The fraction of sp³-hybridized carbons (Fsp3) is 0.263. The van der Waals surface area contributed by atoms with Gasteiger partial charge in [0.25, 0.3) is 0 Å². The summed E-state index contributed by atoms with van der Waals surface area (Å²) in [6, 6.07) is 20.8. The van der Waals surface area contributed by atoms with Gasteiger partial charge in [-0.1, -0.05) is 54.6 Å². The Labute approximate surface area is 130 Å². The minimum atomic E-state index is -0.182. The Morgan fingerprint density at radius 1 is 1.14 bits per heavy atom. The summed E-state index contributed by atoms with van der Waals surface area (Å²) in [5.74, 6) is 0.109. The lowest BCUT2D eigenvalue weighted by Crippen LogP contribution is -2.40. The van der Waals surface area contributed by atoms with E-state index in [1.807, 2.05) is 18.2 Å². The van der Waals surface area contributed by atoms with Crippen LogP contribution in [0.3, 0.4) is 0 Å². The molecule has 1 aliphatic rings. The van der Waals surface area contributed by atoms with E-state index in [1.54, 1.807) is 0 Å². The Morgan fingerprint density at radius 2 is 1.86 bits per heavy atom. The Kier molecular flexibility index (Phi) is 4.20. The summed E-state index contributed by atoms with van der Waals surface area (Å²) < 4.78 is 0. The second kappa shape index (κ2) is 6.44. The van der Waals surface area contributed by atoms with Gasteiger partial charge >= 0.3 is 0 Å². The molecule has 0 bridgehead atoms. The van der Waals surface area contributed by atoms with Gasteiger partial charge in [-0.25, -0.2) is 0 Å². The fourth-order valence-electron chi connectivity index (χ4n) is 3.28. The van der Waals surface area contributed by atoms with E-state index in [1.165, 1.54) is 16.7 Å². The van der Waals surface area contributed by atoms with E-state index in [0.29, 0.717) is 5.92 Å². The number of fused-ring (bicyclic) bond motifs is 1. The van der Waals surface area contributed by atoms with Crippen molar-refractivity contribution in [3.05, 3.63) is 71.3 Å². The number of carbonyl (C=O) groups excluding carboxylic acids is 1. The predicted octanol–water partition coefficient (Wildman–Crippen LogP) is 3.16. The SMILES string of the molecule is N#CCC(=O)NC1Cc2ccccc2C(c2ccccc2)C1. The standard InChI is InChI=1S/C19H18N2O/c20-11-10-19(22)21-16-12-15-8-4-5-9-17(15)18(13-16)14-6-2-1-3-7-14/h1-9,16,18H,10,12-13H2,(H,21,22). The quantitative estimate of drug-likeness (QED) is 0.944. The van der Waals surface area contributed by atoms with Crippen LogP contribution in [-0.4, -0.2) is 11.9 Å². The first-order chi connectivity index (χ1) is 10.8. The molecule has 22 heavy (non-hydrogen) atoms. The van der Waals surface area contributed by atoms with Crippen LogP contribution in [0, 0.1) is 11.3 Å². The number of benzene rings is 2. The van der Waals surface area contributed by atoms with Gasteiger partial charge in [-0.2, -0.15) is 5.26 Å². The van der Waals surface area contributed by atoms with Crippen LogP contribution in [0.4, 0.5) is 0 Å². The molecule has 0 saturated heterocycles. The van der Waals surface area contributed by atoms with Crippen molar-refractivity contribution in [1.82, 2.24) is 5.32 Å². The van der Waals surface area contributed by atoms with Crippen LogP contribution in [0.15, 0.2) is 54.6 Å². The lowest BCUT2D eigenvalue weighted by Gasteiger charge is -2.32. The first-order valence-corrected chi connectivity index (χ1v) is 7.57. The minimum absolute atomic E-state index is 0.0752. The first-order valence-electron chi connectivity index (χ1n) is 7.57. The van der Waals surface area contributed by atoms with Crippen LogP contribution in [0.5, 0.6) is 0 Å². The second-order valence-electron chi connectivity index (χ2n) is 5.70. The number of carbonyl (C=O) groups is 1. The molecule has 0 spiro atoms. The van der Waals surface area contributed by atoms with E-state index >= 15 is 0 Å². The molecule has 2 atom stereocenters. The zero-order valence-electron chi connectivity index (χ0n) is 12.3. The van der Waals surface area contributed by atoms with E-state index in [0.717, 1.165) is 12.8 Å². The van der Waals surface area contributed by atoms with Gasteiger partial charge in [0.2, 0.25) is 5.91 Å². The molecule has 3 nitrogen and oxygen atoms in total. The van der Waals surface area contributed by atoms with Gasteiger partial charge in [0.15, 0.2) is 0 Å². The Morgan fingerprint density at radius 3 is 2.64 bits per heavy atom. The predicted molar refractivity (Wildman–Crippen MR) is 85.2 cm³/mol. The molecule has 0 saturated carbocycles. The third-order valence-electron chi connectivity index (χ3n) is 4.22. The summed E-state index contributed by atoms with van der Waals surface area (Å²) in [7, 11) is 0. The lowest BCUT2D eigenvalue weighted by molar-refractivity contribution is -0.120. The van der Waals surface area contributed by atoms with Crippen molar-refractivity contribution >= 4 is 5.91 Å². The average molecular weight is 290 g/mol. The molecule has 2 aromatic rings. The molecule has 2 unspecified atom stereocenters. The Hall–Kier alpha value is -2.60. The Bertz CT molecular complexity index is 703. The molecule has 0 fully saturated rings. The summed E-state index contributed by atoms with van der Waals surface area (Å²) in [4.78, 5) is 11.7. The fourth-order valence-corrected chi connectivity index (χ4v) is 3.28. The van der Waals surface area contributed by atoms with Crippen molar-refractivity contribution in [3.8, 4) is 6.07 Å². The van der Waals surface area contributed by atoms with Crippen LogP contribution < -0.4 is 5.32 Å². The van der Waals surface area contributed by atoms with Crippen molar-refractivity contribution in [2.45, 2.75) is 31.2 Å². The van der Waals surface area contributed by atoms with Gasteiger partial charge in [-0.15, -0.1) is 0 Å². The zero-order chi connectivity index (χ0) is 15.4. The third-order valence-corrected chi connectivity index (χ3v) is 4.22. The van der Waals surface area contributed by atoms with Crippen molar-refractivity contribution < 1.29 is 4.79 Å². The van der Waals surface area contributed by atoms with Gasteiger partial charge in [0.1, 0.15) is 6.42 Å². The molecule has 0 aliphatic heterocycles. The maximum absolute atomic E-state index is 11.7. The van der Waals surface area contributed by atoms with Gasteiger partial charge in [0, 0.05) is 12.0 Å². The van der Waals surface area contributed by atoms with Crippen molar-refractivity contribution in [3.63, 3.8) is 0 Å². The third kappa shape index (κ3) is 3.01. The Balaban J connectivity index is 1.89. The molecular weight excluding hydrogens is 272 g/mol. The van der Waals surface area contributed by atoms with Crippen LogP contribution in [-0.2, 0) is 11.2 Å². The highest BCUT2D eigenvalue weighted by Gasteiger charge is 2.28. The molecule has 3 rings (SSSR count). The van der Waals surface area contributed by atoms with Crippen molar-refractivity contribution in [2.75, 3.05) is 0 Å². The summed E-state index contributed by atoms with van der Waals surface area (Å²) in [6.45, 7) is 0. The molecule has 0 heterocycles. The minimum Gasteiger partial charge on any atom is -0.352 e. The zero-order valence-corrected chi connectivity index (χ0v) is 12.3. The molecule has 0 radical (unpaired) electrons. The highest BCUT2D eigenvalue weighted by atomic mass is 16.1. The smallest absolute Gasteiger partial charge is 0.234 e. The highest BCUT2D eigenvalue weighted by molar-refractivity contribution is 5.78. The molecule has 3 heteroatoms. The summed E-state index contributed by atoms with van der Waals surface area (Å²) in [5.41, 5.74) is 3.90.